The molecule has 0 unspecified atom stereocenters. The monoisotopic (exact) mass is 1840 g/mol. The van der Waals surface area contributed by atoms with Gasteiger partial charge in [0.05, 0.1) is 64.1 Å². The first-order chi connectivity index (χ1) is 61.7. The minimum atomic E-state index is -1.36. The number of hydrogen-bond donors (Lipinski definition) is 1. The fourth-order valence-corrected chi connectivity index (χ4v) is 12.4. The largest absolute Gasteiger partial charge is 1.00 e. The van der Waals surface area contributed by atoms with Crippen molar-refractivity contribution in [3.63, 3.8) is 0 Å². The molecule has 0 fully saturated rings. The van der Waals surface area contributed by atoms with Gasteiger partial charge in [-0.1, -0.05) is 111 Å². The SMILES string of the molecule is CC(=O)c1cc2ccccc2nc1Cl.COCCOc1nc2ccccc2cc1C(=O)/C=C/c1cc(C)c(OC(C)(C)C(=O)O)c(C)c1.COCCOc1nc2ccccc2cc1C(=O)/C=C/c1cc(C)c(OC(C)(C)C(=O)OC(C)(C)C)c(C)c1.COCCOc1nc2ccccc2cc1C(C)=O.Cc1cc(C=O)cc(C)c1OC(C)(C)C(=O)OC(C)(C)C.[3H]C.[CH2-]COC.[Na+].[OH-]. The number of carbonyl (C=O) groups excluding carboxylic acids is 7. The number of pyridine rings is 4. The van der Waals surface area contributed by atoms with Crippen molar-refractivity contribution in [3.05, 3.63) is 254 Å². The molecule has 0 saturated heterocycles. The summed E-state index contributed by atoms with van der Waals surface area (Å²) in [5.74, 6) is 0.149. The zero-order valence-electron chi connectivity index (χ0n) is 81.8. The van der Waals surface area contributed by atoms with Crippen molar-refractivity contribution in [2.75, 3.05) is 74.7 Å². The van der Waals surface area contributed by atoms with Crippen LogP contribution in [0.4, 0.5) is 0 Å². The van der Waals surface area contributed by atoms with Crippen LogP contribution in [0.2, 0.25) is 5.15 Å². The predicted molar refractivity (Wildman–Crippen MR) is 513 cm³/mol. The number of fused-ring (bicyclic) bond motifs is 4. The number of benzene rings is 7. The number of aromatic nitrogens is 4. The molecule has 0 aliphatic carbocycles. The summed E-state index contributed by atoms with van der Waals surface area (Å²) in [5.41, 5.74) is 7.08. The number of methoxy groups -OCH3 is 4. The molecule has 26 nitrogen and oxygen atoms in total. The molecule has 0 amide bonds. The summed E-state index contributed by atoms with van der Waals surface area (Å²) in [7, 11) is 7.63. The fourth-order valence-electron chi connectivity index (χ4n) is 12.1. The number of ether oxygens (including phenoxy) is 12. The second-order valence-corrected chi connectivity index (χ2v) is 33.7. The number of aldehydes is 1. The van der Waals surface area contributed by atoms with E-state index in [1.54, 1.807) is 98.6 Å². The van der Waals surface area contributed by atoms with Gasteiger partial charge in [0.15, 0.2) is 39.9 Å². The van der Waals surface area contributed by atoms with Crippen molar-refractivity contribution in [1.29, 1.82) is 0 Å². The average molecular weight is 1840 g/mol. The van der Waals surface area contributed by atoms with Crippen LogP contribution in [0.15, 0.2) is 170 Å². The van der Waals surface area contributed by atoms with Gasteiger partial charge in [-0.3, -0.25) is 24.0 Å². The first-order valence-corrected chi connectivity index (χ1v) is 42.0. The maximum absolute atomic E-state index is 13.2. The molecule has 0 bridgehead atoms. The summed E-state index contributed by atoms with van der Waals surface area (Å²) in [5, 5.41) is 13.2. The van der Waals surface area contributed by atoms with Crippen LogP contribution in [0.1, 0.15) is 202 Å². The number of hydrogen-bond acceptors (Lipinski definition) is 25. The van der Waals surface area contributed by atoms with E-state index in [9.17, 15) is 43.5 Å². The van der Waals surface area contributed by atoms with Gasteiger partial charge in [-0.05, 0) is 280 Å². The van der Waals surface area contributed by atoms with Gasteiger partial charge in [-0.25, -0.2) is 34.3 Å². The molecule has 28 heteroatoms. The summed E-state index contributed by atoms with van der Waals surface area (Å²) in [6.07, 6.45) is 7.24. The van der Waals surface area contributed by atoms with Gasteiger partial charge in [0.2, 0.25) is 17.6 Å². The van der Waals surface area contributed by atoms with Crippen LogP contribution in [0.3, 0.4) is 0 Å². The third-order valence-electron chi connectivity index (χ3n) is 18.6. The molecule has 11 rings (SSSR count). The van der Waals surface area contributed by atoms with E-state index < -0.39 is 45.9 Å². The molecule has 0 atom stereocenters. The molecule has 7 aromatic carbocycles. The Morgan fingerprint density at radius 3 is 0.947 bits per heavy atom. The number of aliphatic carboxylic acids is 1. The molecule has 702 valence electrons. The number of halogens is 1. The van der Waals surface area contributed by atoms with Crippen molar-refractivity contribution >= 4 is 115 Å². The van der Waals surface area contributed by atoms with Crippen LogP contribution >= 0.6 is 11.6 Å². The molecular weight excluding hydrogens is 1720 g/mol. The fraction of sp³-hybridized carbons (Fsp3) is 0.356. The molecular formula is C104H125ClN4NaO22-. The molecule has 4 heterocycles. The van der Waals surface area contributed by atoms with Crippen molar-refractivity contribution < 1.29 is 137 Å². The summed E-state index contributed by atoms with van der Waals surface area (Å²) in [6, 6.07) is 48.4. The topological polar surface area (TPSA) is 349 Å². The maximum atomic E-state index is 13.2. The number of carboxylic acids is 1. The number of aryl methyl sites for hydroxylation is 6. The molecule has 2 N–H and O–H groups in total. The quantitative estimate of drug-likeness (QED) is 0.00616. The molecule has 0 spiro atoms. The van der Waals surface area contributed by atoms with Gasteiger partial charge >= 0.3 is 47.5 Å². The van der Waals surface area contributed by atoms with Crippen molar-refractivity contribution in [2.45, 2.75) is 174 Å². The number of carboxylic acid groups (broad SMARTS) is 1. The normalized spacial score (nSPS) is 11.2. The zero-order chi connectivity index (χ0) is 97.9. The van der Waals surface area contributed by atoms with E-state index in [1.807, 2.05) is 210 Å². The summed E-state index contributed by atoms with van der Waals surface area (Å²) < 4.78 is 70.8. The van der Waals surface area contributed by atoms with E-state index in [0.29, 0.717) is 84.0 Å². The Bertz CT molecular complexity index is 5790. The first-order valence-electron chi connectivity index (χ1n) is 42.6. The Hall–Kier alpha value is -11.7. The standard InChI is InChI=1S/C31H37NO6.C27H29NO6.C17H24O4.C14H15NO3.C11H8ClNO.C3H7O.CH4.Na.H2O/c1-20-17-22(18-21(2)27(20)37-31(6,7)29(34)38-30(3,4)5)13-14-26(33)24-19-23-11-9-10-12-25(23)32-28(24)36-16-15-35-8;1-17-14-19(15-18(2)24(17)34-27(3,4)26(30)31)10-11-23(29)21-16-20-8-6-7-9-22(20)28-25(21)33-13-12-32-5;1-11-8-13(10-18)9-12(2)14(11)20-17(6,7)15(19)21-16(3,4)5;1-10(16)12-9-11-5-3-4-6-13(11)15-14(12)18-8-7-17-2;1-7(14)9-6-8-4-2-3-5-10(8)13-11(9)12;1-3-4-2;;;/h9-14,17-19H,15-16H2,1-8H3;6-11,14-16H,12-13H2,1-5H3,(H,30,31);8-10H,1-7H3;3-6,9H,7-8H2,1-2H3;2-6H,1H3;1,3H2,2H3;1H4;;1H2/q;;;;;-1;;+1;/p-1/b14-13+;11-10+;;;;;;;/i;;;;;;1T;;. The number of allylic oxidation sites excluding steroid dienone is 2. The van der Waals surface area contributed by atoms with Crippen LogP contribution in [0.25, 0.3) is 55.8 Å². The molecule has 4 aromatic heterocycles. The molecule has 132 heavy (non-hydrogen) atoms. The Morgan fingerprint density at radius 1 is 0.409 bits per heavy atom. The Kier molecular flexibility index (Phi) is 45.3. The van der Waals surface area contributed by atoms with E-state index in [1.165, 1.54) is 47.2 Å². The van der Waals surface area contributed by atoms with Gasteiger partial charge in [0, 0.05) is 56.9 Å². The summed E-state index contributed by atoms with van der Waals surface area (Å²) in [4.78, 5) is 114. The molecule has 0 aliphatic rings. The van der Waals surface area contributed by atoms with Crippen molar-refractivity contribution in [1.82, 2.24) is 19.9 Å². The minimum absolute atomic E-state index is 0. The van der Waals surface area contributed by atoms with E-state index in [4.69, 9.17) is 65.1 Å². The first kappa shape index (κ1) is 113. The number of para-hydroxylation sites is 4. The van der Waals surface area contributed by atoms with E-state index in [0.717, 1.165) is 94.4 Å². The Balaban J connectivity index is 0.000000437. The molecule has 0 radical (unpaired) electrons. The van der Waals surface area contributed by atoms with E-state index in [-0.39, 0.29) is 88.3 Å². The number of nitrogens with zero attached hydrogens (tertiary/aromatic N) is 4. The van der Waals surface area contributed by atoms with Crippen molar-refractivity contribution in [3.8, 4) is 34.9 Å². The molecule has 0 aliphatic heterocycles. The second kappa shape index (κ2) is 53.1. The smallest absolute Gasteiger partial charge is 0.870 e. The van der Waals surface area contributed by atoms with Gasteiger partial charge in [-0.2, -0.15) is 0 Å². The maximum Gasteiger partial charge on any atom is 1.00 e. The predicted octanol–water partition coefficient (Wildman–Crippen LogP) is 18.4. The number of esters is 2. The number of Topliss-reactive ketones (excluding diaryl/α,β-unsaturated/α-hetero) is 2. The second-order valence-electron chi connectivity index (χ2n) is 33.4. The van der Waals surface area contributed by atoms with Crippen LogP contribution < -0.4 is 58.0 Å². The summed E-state index contributed by atoms with van der Waals surface area (Å²) in [6.45, 7) is 40.9. The number of carbonyl (C=O) groups is 8. The number of rotatable bonds is 31. The van der Waals surface area contributed by atoms with Gasteiger partial charge in [-0.15, -0.1) is 0 Å². The van der Waals surface area contributed by atoms with E-state index in [2.05, 4.69) is 31.6 Å². The van der Waals surface area contributed by atoms with Gasteiger partial charge in [0.1, 0.15) is 59.7 Å². The Morgan fingerprint density at radius 2 is 0.674 bits per heavy atom. The molecule has 11 aromatic rings. The van der Waals surface area contributed by atoms with Crippen LogP contribution in [0.5, 0.6) is 34.9 Å². The van der Waals surface area contributed by atoms with Crippen molar-refractivity contribution in [2.24, 2.45) is 0 Å². The van der Waals surface area contributed by atoms with E-state index >= 15 is 0 Å². The van der Waals surface area contributed by atoms with Gasteiger partial charge < -0.3 is 74.3 Å². The molecule has 0 saturated carbocycles. The third kappa shape index (κ3) is 35.1. The number of ketones is 4. The van der Waals surface area contributed by atoms with Crippen LogP contribution in [-0.4, -0.2) is 181 Å². The summed E-state index contributed by atoms with van der Waals surface area (Å²) >= 11 is 5.87. The Labute approximate surface area is 803 Å². The zero-order valence-corrected chi connectivity index (χ0v) is 83.5. The third-order valence-corrected chi connectivity index (χ3v) is 18.9. The van der Waals surface area contributed by atoms with Crippen LogP contribution in [-0.2, 0) is 42.8 Å². The minimum Gasteiger partial charge on any atom is -0.870 e. The van der Waals surface area contributed by atoms with Crippen LogP contribution in [0, 0.1) is 48.5 Å². The van der Waals surface area contributed by atoms with Gasteiger partial charge in [0.25, 0.3) is 0 Å². The average Bonchev–Trinajstić information content (AvgIpc) is 0.760.